The van der Waals surface area contributed by atoms with Crippen LogP contribution in [-0.4, -0.2) is 21.6 Å². The Bertz CT molecular complexity index is 926. The molecule has 1 amide bonds. The number of carbonyl (C=O) groups excluding carboxylic acids is 1. The zero-order chi connectivity index (χ0) is 18.5. The van der Waals surface area contributed by atoms with E-state index >= 15 is 0 Å². The number of hydrogen-bond acceptors (Lipinski definition) is 4. The summed E-state index contributed by atoms with van der Waals surface area (Å²) in [6.45, 7) is 5.98. The van der Waals surface area contributed by atoms with E-state index in [1.807, 2.05) is 75.4 Å². The lowest BCUT2D eigenvalue weighted by atomic mass is 10.1. The van der Waals surface area contributed by atoms with E-state index in [0.717, 1.165) is 33.8 Å². The summed E-state index contributed by atoms with van der Waals surface area (Å²) in [5.41, 5.74) is 5.89. The molecule has 132 valence electrons. The van der Waals surface area contributed by atoms with Crippen molar-refractivity contribution in [1.29, 1.82) is 0 Å². The number of anilines is 1. The number of nitrogens with one attached hydrogen (secondary N) is 1. The molecule has 0 unspecified atom stereocenters. The van der Waals surface area contributed by atoms with Crippen LogP contribution < -0.4 is 5.32 Å². The van der Waals surface area contributed by atoms with Crippen molar-refractivity contribution in [3.8, 4) is 11.3 Å². The second-order valence-corrected chi connectivity index (χ2v) is 7.07. The van der Waals surface area contributed by atoms with Gasteiger partial charge in [-0.15, -0.1) is 0 Å². The predicted molar refractivity (Wildman–Crippen MR) is 107 cm³/mol. The molecule has 0 bridgehead atoms. The van der Waals surface area contributed by atoms with Crippen LogP contribution in [0.3, 0.4) is 0 Å². The molecule has 0 fully saturated rings. The Morgan fingerprint density at radius 3 is 2.54 bits per heavy atom. The van der Waals surface area contributed by atoms with E-state index < -0.39 is 0 Å². The van der Waals surface area contributed by atoms with Gasteiger partial charge >= 0.3 is 0 Å². The number of amides is 1. The van der Waals surface area contributed by atoms with Gasteiger partial charge in [0.25, 0.3) is 0 Å². The summed E-state index contributed by atoms with van der Waals surface area (Å²) in [4.78, 5) is 21.3. The number of benzene rings is 2. The van der Waals surface area contributed by atoms with Crippen LogP contribution >= 0.6 is 11.8 Å². The molecule has 4 nitrogen and oxygen atoms in total. The van der Waals surface area contributed by atoms with Crippen molar-refractivity contribution < 1.29 is 4.79 Å². The average Bonchev–Trinajstić information content (AvgIpc) is 2.64. The van der Waals surface area contributed by atoms with Crippen molar-refractivity contribution in [3.05, 3.63) is 71.4 Å². The second-order valence-electron chi connectivity index (χ2n) is 6.13. The zero-order valence-corrected chi connectivity index (χ0v) is 15.9. The third-order valence-electron chi connectivity index (χ3n) is 4.11. The van der Waals surface area contributed by atoms with E-state index in [1.54, 1.807) is 0 Å². The van der Waals surface area contributed by atoms with Crippen LogP contribution in [0, 0.1) is 20.8 Å². The summed E-state index contributed by atoms with van der Waals surface area (Å²) in [6.07, 6.45) is 0. The van der Waals surface area contributed by atoms with Crippen molar-refractivity contribution >= 4 is 23.4 Å². The van der Waals surface area contributed by atoms with Gasteiger partial charge in [-0.2, -0.15) is 0 Å². The lowest BCUT2D eigenvalue weighted by Crippen LogP contribution is -2.15. The lowest BCUT2D eigenvalue weighted by Gasteiger charge is -2.10. The Hall–Kier alpha value is -2.66. The highest BCUT2D eigenvalue weighted by Crippen LogP contribution is 2.22. The number of thioether (sulfide) groups is 1. The number of aromatic nitrogens is 2. The smallest absolute Gasteiger partial charge is 0.234 e. The molecule has 3 aromatic rings. The van der Waals surface area contributed by atoms with Crippen molar-refractivity contribution in [3.63, 3.8) is 0 Å². The number of carbonyl (C=O) groups is 1. The third-order valence-corrected chi connectivity index (χ3v) is 4.96. The maximum absolute atomic E-state index is 12.3. The van der Waals surface area contributed by atoms with Gasteiger partial charge in [-0.25, -0.2) is 9.97 Å². The minimum absolute atomic E-state index is 0.0601. The molecule has 0 aliphatic heterocycles. The topological polar surface area (TPSA) is 54.9 Å². The second kappa shape index (κ2) is 8.15. The molecule has 2 aromatic carbocycles. The maximum Gasteiger partial charge on any atom is 0.234 e. The highest BCUT2D eigenvalue weighted by Gasteiger charge is 2.10. The van der Waals surface area contributed by atoms with Gasteiger partial charge < -0.3 is 5.32 Å². The molecule has 0 spiro atoms. The molecular weight excluding hydrogens is 342 g/mol. The summed E-state index contributed by atoms with van der Waals surface area (Å²) in [7, 11) is 0. The molecular formula is C21H21N3OS. The standard InChI is InChI=1S/C21H21N3OS/c1-14-8-7-11-18(16(14)3)23-20(25)13-26-21-22-15(2)12-19(24-21)17-9-5-4-6-10-17/h4-12H,13H2,1-3H3,(H,23,25). The zero-order valence-electron chi connectivity index (χ0n) is 15.1. The van der Waals surface area contributed by atoms with E-state index in [2.05, 4.69) is 15.3 Å². The quantitative estimate of drug-likeness (QED) is 0.522. The number of aryl methyl sites for hydroxylation is 2. The van der Waals surface area contributed by atoms with Crippen LogP contribution in [0.1, 0.15) is 16.8 Å². The van der Waals surface area contributed by atoms with E-state index in [0.29, 0.717) is 5.16 Å². The monoisotopic (exact) mass is 363 g/mol. The molecule has 1 heterocycles. The van der Waals surface area contributed by atoms with Crippen LogP contribution in [0.2, 0.25) is 0 Å². The Morgan fingerprint density at radius 2 is 1.77 bits per heavy atom. The fourth-order valence-electron chi connectivity index (χ4n) is 2.57. The summed E-state index contributed by atoms with van der Waals surface area (Å²) < 4.78 is 0. The fraction of sp³-hybridized carbons (Fsp3) is 0.190. The van der Waals surface area contributed by atoms with E-state index in [4.69, 9.17) is 0 Å². The molecule has 1 N–H and O–H groups in total. The first-order valence-corrected chi connectivity index (χ1v) is 9.41. The summed E-state index contributed by atoms with van der Waals surface area (Å²) >= 11 is 1.35. The molecule has 0 saturated heterocycles. The van der Waals surface area contributed by atoms with E-state index in [9.17, 15) is 4.79 Å². The van der Waals surface area contributed by atoms with Crippen LogP contribution in [-0.2, 0) is 4.79 Å². The molecule has 0 radical (unpaired) electrons. The summed E-state index contributed by atoms with van der Waals surface area (Å²) in [5.74, 6) is 0.209. The Labute approximate surface area is 158 Å². The first kappa shape index (κ1) is 18.1. The van der Waals surface area contributed by atoms with Gasteiger partial charge in [-0.05, 0) is 44.0 Å². The number of nitrogens with zero attached hydrogens (tertiary/aromatic N) is 2. The first-order chi connectivity index (χ1) is 12.5. The van der Waals surface area contributed by atoms with Crippen molar-refractivity contribution in [1.82, 2.24) is 9.97 Å². The van der Waals surface area contributed by atoms with Gasteiger partial charge in [0.05, 0.1) is 11.4 Å². The van der Waals surface area contributed by atoms with Crippen LogP contribution in [0.25, 0.3) is 11.3 Å². The summed E-state index contributed by atoms with van der Waals surface area (Å²) in [5, 5.41) is 3.58. The van der Waals surface area contributed by atoms with Gasteiger partial charge in [0.2, 0.25) is 5.91 Å². The Kier molecular flexibility index (Phi) is 5.68. The van der Waals surface area contributed by atoms with Crippen LogP contribution in [0.5, 0.6) is 0 Å². The predicted octanol–water partition coefficient (Wildman–Crippen LogP) is 4.80. The Balaban J connectivity index is 1.69. The molecule has 0 aliphatic carbocycles. The highest BCUT2D eigenvalue weighted by molar-refractivity contribution is 7.99. The van der Waals surface area contributed by atoms with Crippen molar-refractivity contribution in [2.24, 2.45) is 0 Å². The van der Waals surface area contributed by atoms with Gasteiger partial charge in [0.15, 0.2) is 5.16 Å². The molecule has 3 rings (SSSR count). The molecule has 0 saturated carbocycles. The van der Waals surface area contributed by atoms with Crippen LogP contribution in [0.15, 0.2) is 59.8 Å². The average molecular weight is 363 g/mol. The molecule has 0 aliphatic rings. The van der Waals surface area contributed by atoms with Gasteiger partial charge in [-0.3, -0.25) is 4.79 Å². The molecule has 1 aromatic heterocycles. The fourth-order valence-corrected chi connectivity index (χ4v) is 3.27. The van der Waals surface area contributed by atoms with E-state index in [1.165, 1.54) is 11.8 Å². The highest BCUT2D eigenvalue weighted by atomic mass is 32.2. The third kappa shape index (κ3) is 4.49. The van der Waals surface area contributed by atoms with Crippen molar-refractivity contribution in [2.75, 3.05) is 11.1 Å². The largest absolute Gasteiger partial charge is 0.325 e. The van der Waals surface area contributed by atoms with Crippen molar-refractivity contribution in [2.45, 2.75) is 25.9 Å². The minimum atomic E-state index is -0.0601. The first-order valence-electron chi connectivity index (χ1n) is 8.43. The SMILES string of the molecule is Cc1cc(-c2ccccc2)nc(SCC(=O)Nc2cccc(C)c2C)n1. The van der Waals surface area contributed by atoms with E-state index in [-0.39, 0.29) is 11.7 Å². The van der Waals surface area contributed by atoms with Gasteiger partial charge in [-0.1, -0.05) is 54.2 Å². The number of rotatable bonds is 5. The van der Waals surface area contributed by atoms with Gasteiger partial charge in [0, 0.05) is 16.9 Å². The molecule has 26 heavy (non-hydrogen) atoms. The van der Waals surface area contributed by atoms with Crippen LogP contribution in [0.4, 0.5) is 5.69 Å². The van der Waals surface area contributed by atoms with Gasteiger partial charge in [0.1, 0.15) is 0 Å². The Morgan fingerprint density at radius 1 is 1.00 bits per heavy atom. The summed E-state index contributed by atoms with van der Waals surface area (Å²) in [6, 6.07) is 17.8. The minimum Gasteiger partial charge on any atom is -0.325 e. The molecule has 0 atom stereocenters. The molecule has 5 heteroatoms. The maximum atomic E-state index is 12.3. The lowest BCUT2D eigenvalue weighted by molar-refractivity contribution is -0.113. The normalized spacial score (nSPS) is 10.6. The number of hydrogen-bond donors (Lipinski definition) is 1.